The minimum Gasteiger partial charge on any atom is -0.459 e. The molecule has 0 saturated heterocycles. The van der Waals surface area contributed by atoms with Crippen LogP contribution in [0.5, 0.6) is 0 Å². The first-order valence-electron chi connectivity index (χ1n) is 12.1. The van der Waals surface area contributed by atoms with Gasteiger partial charge in [-0.2, -0.15) is 0 Å². The molecule has 1 atom stereocenters. The maximum absolute atomic E-state index is 13.7. The Labute approximate surface area is 206 Å². The lowest BCUT2D eigenvalue weighted by molar-refractivity contribution is -0.134. The molecular formula is C28H34N2O3S. The molecule has 1 aliphatic rings. The van der Waals surface area contributed by atoms with Gasteiger partial charge in [0.2, 0.25) is 5.91 Å². The third kappa shape index (κ3) is 5.12. The van der Waals surface area contributed by atoms with E-state index in [0.717, 1.165) is 24.8 Å². The first-order chi connectivity index (χ1) is 16.3. The monoisotopic (exact) mass is 478 g/mol. The molecule has 0 N–H and O–H groups in total. The second kappa shape index (κ2) is 10.2. The van der Waals surface area contributed by atoms with Gasteiger partial charge in [0.25, 0.3) is 5.91 Å². The van der Waals surface area contributed by atoms with Crippen LogP contribution in [0.15, 0.2) is 58.5 Å². The summed E-state index contributed by atoms with van der Waals surface area (Å²) in [5, 5.41) is 2.11. The van der Waals surface area contributed by atoms with E-state index < -0.39 is 0 Å². The first kappa shape index (κ1) is 24.3. The van der Waals surface area contributed by atoms with Crippen LogP contribution in [0.25, 0.3) is 0 Å². The van der Waals surface area contributed by atoms with Gasteiger partial charge in [0.1, 0.15) is 6.54 Å². The van der Waals surface area contributed by atoms with Crippen LogP contribution in [0.2, 0.25) is 0 Å². The largest absolute Gasteiger partial charge is 0.459 e. The van der Waals surface area contributed by atoms with Crippen LogP contribution in [-0.2, 0) is 16.6 Å². The van der Waals surface area contributed by atoms with Gasteiger partial charge in [0.05, 0.1) is 12.3 Å². The van der Waals surface area contributed by atoms with Crippen molar-refractivity contribution >= 4 is 23.2 Å². The standard InChI is InChI=1S/C28H34N2O3S/c1-5-6-15-29(27(32)23-8-7-17-33-23)19-25(31)30-16-13-24-22(14-18-34-24)26(30)20-9-11-21(12-10-20)28(2,3)4/h7-12,14,17-18,26H,5-6,13,15-16,19H2,1-4H3. The van der Waals surface area contributed by atoms with E-state index in [1.807, 2.05) is 4.90 Å². The smallest absolute Gasteiger partial charge is 0.290 e. The highest BCUT2D eigenvalue weighted by atomic mass is 32.1. The van der Waals surface area contributed by atoms with E-state index in [4.69, 9.17) is 4.42 Å². The van der Waals surface area contributed by atoms with Crippen LogP contribution in [0.1, 0.15) is 78.7 Å². The Bertz CT molecular complexity index is 1110. The van der Waals surface area contributed by atoms with E-state index in [-0.39, 0.29) is 35.6 Å². The summed E-state index contributed by atoms with van der Waals surface area (Å²) in [6, 6.07) is 14.0. The number of rotatable bonds is 7. The van der Waals surface area contributed by atoms with Crippen molar-refractivity contribution in [3.05, 3.63) is 81.4 Å². The molecule has 0 fully saturated rings. The van der Waals surface area contributed by atoms with Gasteiger partial charge in [0, 0.05) is 18.0 Å². The van der Waals surface area contributed by atoms with Crippen molar-refractivity contribution in [2.24, 2.45) is 0 Å². The summed E-state index contributed by atoms with van der Waals surface area (Å²) in [6.07, 6.45) is 4.12. The molecule has 3 heterocycles. The predicted octanol–water partition coefficient (Wildman–Crippen LogP) is 6.06. The summed E-state index contributed by atoms with van der Waals surface area (Å²) in [5.41, 5.74) is 3.65. The molecule has 2 amide bonds. The van der Waals surface area contributed by atoms with Gasteiger partial charge in [-0.3, -0.25) is 9.59 Å². The maximum Gasteiger partial charge on any atom is 0.290 e. The normalized spacial score (nSPS) is 15.8. The lowest BCUT2D eigenvalue weighted by atomic mass is 9.85. The number of hydrogen-bond donors (Lipinski definition) is 0. The summed E-state index contributed by atoms with van der Waals surface area (Å²) in [4.78, 5) is 31.6. The zero-order valence-corrected chi connectivity index (χ0v) is 21.4. The average molecular weight is 479 g/mol. The van der Waals surface area contributed by atoms with Crippen LogP contribution in [0.4, 0.5) is 0 Å². The maximum atomic E-state index is 13.7. The third-order valence-corrected chi connectivity index (χ3v) is 7.50. The number of hydrogen-bond acceptors (Lipinski definition) is 4. The van der Waals surface area contributed by atoms with Crippen molar-refractivity contribution in [2.45, 2.75) is 58.4 Å². The van der Waals surface area contributed by atoms with Gasteiger partial charge in [-0.1, -0.05) is 58.4 Å². The second-order valence-electron chi connectivity index (χ2n) is 9.97. The number of nitrogens with zero attached hydrogens (tertiary/aromatic N) is 2. The van der Waals surface area contributed by atoms with Crippen LogP contribution >= 0.6 is 11.3 Å². The predicted molar refractivity (Wildman–Crippen MR) is 136 cm³/mol. The molecule has 0 aliphatic carbocycles. The highest BCUT2D eigenvalue weighted by Crippen LogP contribution is 2.38. The van der Waals surface area contributed by atoms with E-state index in [0.29, 0.717) is 13.1 Å². The van der Waals surface area contributed by atoms with Gasteiger partial charge in [-0.15, -0.1) is 11.3 Å². The van der Waals surface area contributed by atoms with Crippen molar-refractivity contribution in [3.8, 4) is 0 Å². The Hall–Kier alpha value is -2.86. The topological polar surface area (TPSA) is 53.8 Å². The number of furan rings is 1. The molecule has 0 spiro atoms. The summed E-state index contributed by atoms with van der Waals surface area (Å²) in [5.74, 6) is 0.0147. The minimum atomic E-state index is -0.230. The minimum absolute atomic E-state index is 0.0299. The number of carbonyl (C=O) groups is 2. The molecule has 34 heavy (non-hydrogen) atoms. The van der Waals surface area contributed by atoms with Gasteiger partial charge < -0.3 is 14.2 Å². The lowest BCUT2D eigenvalue weighted by Gasteiger charge is -2.37. The van der Waals surface area contributed by atoms with Crippen molar-refractivity contribution < 1.29 is 14.0 Å². The van der Waals surface area contributed by atoms with Gasteiger partial charge in [-0.05, 0) is 58.5 Å². The van der Waals surface area contributed by atoms with E-state index in [9.17, 15) is 9.59 Å². The zero-order chi connectivity index (χ0) is 24.3. The molecule has 0 saturated carbocycles. The second-order valence-corrected chi connectivity index (χ2v) is 11.0. The van der Waals surface area contributed by atoms with Crippen LogP contribution < -0.4 is 0 Å². The number of carbonyl (C=O) groups excluding carboxylic acids is 2. The van der Waals surface area contributed by atoms with Crippen molar-refractivity contribution in [1.29, 1.82) is 0 Å². The summed E-state index contributed by atoms with van der Waals surface area (Å²) in [6.45, 7) is 9.93. The molecule has 3 aromatic rings. The molecule has 0 bridgehead atoms. The molecule has 4 rings (SSSR count). The molecule has 1 aromatic carbocycles. The molecule has 5 nitrogen and oxygen atoms in total. The van der Waals surface area contributed by atoms with E-state index in [2.05, 4.69) is 63.4 Å². The van der Waals surface area contributed by atoms with Crippen molar-refractivity contribution in [1.82, 2.24) is 9.80 Å². The number of amides is 2. The summed E-state index contributed by atoms with van der Waals surface area (Å²) >= 11 is 1.76. The number of fused-ring (bicyclic) bond motifs is 1. The Morgan fingerprint density at radius 1 is 1.15 bits per heavy atom. The van der Waals surface area contributed by atoms with Gasteiger partial charge in [-0.25, -0.2) is 0 Å². The molecule has 1 unspecified atom stereocenters. The summed E-state index contributed by atoms with van der Waals surface area (Å²) < 4.78 is 5.33. The quantitative estimate of drug-likeness (QED) is 0.415. The van der Waals surface area contributed by atoms with E-state index in [1.54, 1.807) is 28.4 Å². The number of unbranched alkanes of at least 4 members (excludes halogenated alkanes) is 1. The fourth-order valence-corrected chi connectivity index (χ4v) is 5.43. The van der Waals surface area contributed by atoms with Gasteiger partial charge in [0.15, 0.2) is 5.76 Å². The Kier molecular flexibility index (Phi) is 7.27. The molecule has 180 valence electrons. The Morgan fingerprint density at radius 2 is 1.91 bits per heavy atom. The highest BCUT2D eigenvalue weighted by Gasteiger charge is 2.34. The lowest BCUT2D eigenvalue weighted by Crippen LogP contribution is -2.47. The van der Waals surface area contributed by atoms with Crippen LogP contribution in [-0.4, -0.2) is 41.2 Å². The molecule has 2 aromatic heterocycles. The van der Waals surface area contributed by atoms with Gasteiger partial charge >= 0.3 is 0 Å². The zero-order valence-electron chi connectivity index (χ0n) is 20.5. The Morgan fingerprint density at radius 3 is 2.56 bits per heavy atom. The first-order valence-corrected chi connectivity index (χ1v) is 13.0. The fraction of sp³-hybridized carbons (Fsp3) is 0.429. The van der Waals surface area contributed by atoms with Crippen LogP contribution in [0, 0.1) is 0 Å². The summed E-state index contributed by atoms with van der Waals surface area (Å²) in [7, 11) is 0. The van der Waals surface area contributed by atoms with E-state index >= 15 is 0 Å². The molecular weight excluding hydrogens is 444 g/mol. The van der Waals surface area contributed by atoms with Crippen molar-refractivity contribution in [3.63, 3.8) is 0 Å². The molecule has 6 heteroatoms. The number of thiophene rings is 1. The highest BCUT2D eigenvalue weighted by molar-refractivity contribution is 7.10. The fourth-order valence-electron chi connectivity index (χ4n) is 4.52. The molecule has 1 aliphatic heterocycles. The SMILES string of the molecule is CCCCN(CC(=O)N1CCc2sccc2C1c1ccc(C(C)(C)C)cc1)C(=O)c1ccco1. The third-order valence-electron chi connectivity index (χ3n) is 6.51. The molecule has 0 radical (unpaired) electrons. The van der Waals surface area contributed by atoms with E-state index in [1.165, 1.54) is 22.3 Å². The van der Waals surface area contributed by atoms with Crippen LogP contribution in [0.3, 0.4) is 0 Å². The average Bonchev–Trinajstić information content (AvgIpc) is 3.52. The Balaban J connectivity index is 1.61. The number of benzene rings is 1. The van der Waals surface area contributed by atoms with Crippen molar-refractivity contribution in [2.75, 3.05) is 19.6 Å².